The largest absolute Gasteiger partial charge is 0.479 e. The molecule has 0 aromatic heterocycles. The first kappa shape index (κ1) is 24.6. The maximum absolute atomic E-state index is 9.77. The maximum atomic E-state index is 9.77. The Bertz CT molecular complexity index is 944. The molecule has 2 aromatic carbocycles. The first-order valence-corrected chi connectivity index (χ1v) is 9.67. The fourth-order valence-corrected chi connectivity index (χ4v) is 4.01. The Kier molecular flexibility index (Phi) is 8.36. The van der Waals surface area contributed by atoms with E-state index in [0.29, 0.717) is 5.92 Å². The fourth-order valence-electron chi connectivity index (χ4n) is 4.01. The molecule has 0 fully saturated rings. The summed E-state index contributed by atoms with van der Waals surface area (Å²) in [6.07, 6.45) is -3.35. The van der Waals surface area contributed by atoms with E-state index in [4.69, 9.17) is 20.4 Å². The van der Waals surface area contributed by atoms with E-state index in [2.05, 4.69) is 66.5 Å². The van der Waals surface area contributed by atoms with E-state index >= 15 is 0 Å². The van der Waals surface area contributed by atoms with Gasteiger partial charge in [-0.25, -0.2) is 9.59 Å². The van der Waals surface area contributed by atoms with E-state index in [0.717, 1.165) is 6.54 Å². The summed E-state index contributed by atoms with van der Waals surface area (Å²) in [5.74, 6) is -3.07. The molecular formula is C23H26ClNO6. The minimum Gasteiger partial charge on any atom is -0.479 e. The van der Waals surface area contributed by atoms with Crippen LogP contribution in [0, 0.1) is 0 Å². The van der Waals surface area contributed by atoms with E-state index < -0.39 is 24.1 Å². The SMILES string of the molecule is CN1CCC2=C(C1)C(c1ccccc1)c1ccccc12.Cl.O=C(O)[C@H](O)[C@@H](O)C(=O)O. The third-order valence-electron chi connectivity index (χ3n) is 5.45. The van der Waals surface area contributed by atoms with Gasteiger partial charge in [0.1, 0.15) is 0 Å². The molecule has 31 heavy (non-hydrogen) atoms. The predicted octanol–water partition coefficient (Wildman–Crippen LogP) is 2.22. The standard InChI is InChI=1S/C19H19N.C4H6O6.ClH/c1-20-12-11-16-15-9-5-6-10-17(15)19(18(16)13-20)14-7-3-2-4-8-14;5-1(3(7)8)2(6)4(9)10;/h2-10,19H,11-13H2,1H3;1-2,5-6H,(H,7,8)(H,9,10);1H/t;1-,2-;/m.1./s1. The first-order valence-electron chi connectivity index (χ1n) is 9.67. The van der Waals surface area contributed by atoms with Gasteiger partial charge < -0.3 is 25.3 Å². The number of aliphatic carboxylic acids is 2. The van der Waals surface area contributed by atoms with Gasteiger partial charge in [-0.05, 0) is 41.3 Å². The van der Waals surface area contributed by atoms with Crippen molar-refractivity contribution in [2.24, 2.45) is 0 Å². The van der Waals surface area contributed by atoms with Crippen molar-refractivity contribution in [2.45, 2.75) is 24.5 Å². The van der Waals surface area contributed by atoms with E-state index in [1.807, 2.05) is 0 Å². The van der Waals surface area contributed by atoms with Crippen molar-refractivity contribution >= 4 is 29.9 Å². The third-order valence-corrected chi connectivity index (χ3v) is 5.45. The molecule has 0 saturated carbocycles. The molecule has 1 heterocycles. The quantitative estimate of drug-likeness (QED) is 0.567. The number of carbonyl (C=O) groups is 2. The molecule has 4 N–H and O–H groups in total. The summed E-state index contributed by atoms with van der Waals surface area (Å²) in [5.41, 5.74) is 7.64. The molecule has 8 heteroatoms. The Hall–Kier alpha value is -2.71. The summed E-state index contributed by atoms with van der Waals surface area (Å²) in [6, 6.07) is 19.9. The number of benzene rings is 2. The second kappa shape index (κ2) is 10.5. The molecule has 1 unspecified atom stereocenters. The Balaban J connectivity index is 0.000000269. The van der Waals surface area contributed by atoms with Crippen molar-refractivity contribution in [3.05, 3.63) is 76.9 Å². The summed E-state index contributed by atoms with van der Waals surface area (Å²) < 4.78 is 0. The number of aliphatic hydroxyl groups is 2. The van der Waals surface area contributed by atoms with Gasteiger partial charge in [-0.15, -0.1) is 12.4 Å². The van der Waals surface area contributed by atoms with Gasteiger partial charge in [0.15, 0.2) is 12.2 Å². The number of aliphatic hydroxyl groups excluding tert-OH is 2. The van der Waals surface area contributed by atoms with Crippen LogP contribution in [-0.4, -0.2) is 69.6 Å². The number of rotatable bonds is 4. The predicted molar refractivity (Wildman–Crippen MR) is 118 cm³/mol. The number of halogens is 1. The fraction of sp³-hybridized carbons (Fsp3) is 0.304. The number of hydrogen-bond acceptors (Lipinski definition) is 5. The van der Waals surface area contributed by atoms with Crippen LogP contribution in [0.3, 0.4) is 0 Å². The third kappa shape index (κ3) is 5.32. The Morgan fingerprint density at radius 2 is 1.48 bits per heavy atom. The van der Waals surface area contributed by atoms with Crippen LogP contribution in [0.1, 0.15) is 29.0 Å². The van der Waals surface area contributed by atoms with Gasteiger partial charge in [0.25, 0.3) is 0 Å². The van der Waals surface area contributed by atoms with Gasteiger partial charge >= 0.3 is 11.9 Å². The van der Waals surface area contributed by atoms with Gasteiger partial charge in [0.2, 0.25) is 0 Å². The molecular weight excluding hydrogens is 422 g/mol. The highest BCUT2D eigenvalue weighted by Crippen LogP contribution is 2.48. The highest BCUT2D eigenvalue weighted by molar-refractivity contribution is 5.85. The lowest BCUT2D eigenvalue weighted by Gasteiger charge is -2.27. The second-order valence-corrected chi connectivity index (χ2v) is 7.49. The molecule has 0 saturated heterocycles. The summed E-state index contributed by atoms with van der Waals surface area (Å²) in [4.78, 5) is 22.0. The van der Waals surface area contributed by atoms with Crippen molar-refractivity contribution < 1.29 is 30.0 Å². The van der Waals surface area contributed by atoms with Crippen molar-refractivity contribution in [1.82, 2.24) is 4.90 Å². The van der Waals surface area contributed by atoms with Gasteiger partial charge in [-0.3, -0.25) is 0 Å². The number of nitrogens with zero attached hydrogens (tertiary/aromatic N) is 1. The minimum atomic E-state index is -2.27. The molecule has 7 nitrogen and oxygen atoms in total. The number of fused-ring (bicyclic) bond motifs is 2. The van der Waals surface area contributed by atoms with E-state index in [1.165, 1.54) is 29.7 Å². The highest BCUT2D eigenvalue weighted by atomic mass is 35.5. The van der Waals surface area contributed by atoms with Gasteiger partial charge in [-0.2, -0.15) is 0 Å². The number of carboxylic acid groups (broad SMARTS) is 2. The van der Waals surface area contributed by atoms with Crippen LogP contribution in [0.5, 0.6) is 0 Å². The molecule has 4 rings (SSSR count). The van der Waals surface area contributed by atoms with Crippen molar-refractivity contribution in [3.63, 3.8) is 0 Å². The topological polar surface area (TPSA) is 118 Å². The lowest BCUT2D eigenvalue weighted by molar-refractivity contribution is -0.165. The molecule has 1 aliphatic carbocycles. The molecule has 1 aliphatic heterocycles. The summed E-state index contributed by atoms with van der Waals surface area (Å²) in [7, 11) is 2.23. The average Bonchev–Trinajstić information content (AvgIpc) is 3.07. The zero-order valence-electron chi connectivity index (χ0n) is 17.0. The monoisotopic (exact) mass is 447 g/mol. The Morgan fingerprint density at radius 1 is 0.935 bits per heavy atom. The molecule has 0 amide bonds. The first-order chi connectivity index (χ1) is 14.3. The van der Waals surface area contributed by atoms with Crippen LogP contribution in [0.4, 0.5) is 0 Å². The Labute approximate surface area is 186 Å². The second-order valence-electron chi connectivity index (χ2n) is 7.49. The van der Waals surface area contributed by atoms with Crippen LogP contribution < -0.4 is 0 Å². The summed E-state index contributed by atoms with van der Waals surface area (Å²) >= 11 is 0. The van der Waals surface area contributed by atoms with Crippen LogP contribution in [-0.2, 0) is 9.59 Å². The maximum Gasteiger partial charge on any atom is 0.335 e. The van der Waals surface area contributed by atoms with Crippen LogP contribution in [0.15, 0.2) is 60.2 Å². The number of carboxylic acids is 2. The van der Waals surface area contributed by atoms with E-state index in [1.54, 1.807) is 11.1 Å². The molecule has 3 atom stereocenters. The van der Waals surface area contributed by atoms with Crippen molar-refractivity contribution in [1.29, 1.82) is 0 Å². The smallest absolute Gasteiger partial charge is 0.335 e. The Morgan fingerprint density at radius 3 is 2.06 bits per heavy atom. The van der Waals surface area contributed by atoms with E-state index in [9.17, 15) is 9.59 Å². The van der Waals surface area contributed by atoms with Gasteiger partial charge in [-0.1, -0.05) is 54.6 Å². The minimum absolute atomic E-state index is 0. The van der Waals surface area contributed by atoms with Crippen LogP contribution in [0.2, 0.25) is 0 Å². The normalized spacial score (nSPS) is 19.1. The number of likely N-dealkylation sites (N-methyl/N-ethyl adjacent to an activating group) is 1. The zero-order valence-corrected chi connectivity index (χ0v) is 17.8. The highest BCUT2D eigenvalue weighted by Gasteiger charge is 2.34. The average molecular weight is 448 g/mol. The number of hydrogen-bond donors (Lipinski definition) is 4. The summed E-state index contributed by atoms with van der Waals surface area (Å²) in [5, 5.41) is 32.5. The molecule has 2 aromatic rings. The molecule has 0 spiro atoms. The van der Waals surface area contributed by atoms with E-state index in [-0.39, 0.29) is 12.4 Å². The zero-order chi connectivity index (χ0) is 21.8. The molecule has 166 valence electrons. The summed E-state index contributed by atoms with van der Waals surface area (Å²) in [6.45, 7) is 2.28. The van der Waals surface area contributed by atoms with Crippen LogP contribution >= 0.6 is 12.4 Å². The van der Waals surface area contributed by atoms with Gasteiger partial charge in [0.05, 0.1) is 0 Å². The molecule has 0 bridgehead atoms. The molecule has 0 radical (unpaired) electrons. The van der Waals surface area contributed by atoms with Gasteiger partial charge in [0, 0.05) is 19.0 Å². The van der Waals surface area contributed by atoms with Crippen molar-refractivity contribution in [3.8, 4) is 0 Å². The van der Waals surface area contributed by atoms with Crippen molar-refractivity contribution in [2.75, 3.05) is 20.1 Å². The lowest BCUT2D eigenvalue weighted by atomic mass is 9.87. The van der Waals surface area contributed by atoms with Crippen LogP contribution in [0.25, 0.3) is 5.57 Å². The molecule has 2 aliphatic rings. The lowest BCUT2D eigenvalue weighted by Crippen LogP contribution is -2.39.